The van der Waals surface area contributed by atoms with E-state index in [4.69, 9.17) is 4.52 Å². The van der Waals surface area contributed by atoms with E-state index in [1.807, 2.05) is 11.8 Å². The van der Waals surface area contributed by atoms with Crippen LogP contribution >= 0.6 is 0 Å². The molecule has 122 valence electrons. The van der Waals surface area contributed by atoms with Crippen LogP contribution in [0.15, 0.2) is 34.9 Å². The standard InChI is InChI=1S/C17H20FN3O2/c1-12-10-20(11-14-3-5-15(18)6-4-14)7-8-21(12)17(22)16-9-13(2)23-19-16/h3-6,9,12H,7-8,10-11H2,1-2H3/t12-/m1/s1. The number of nitrogens with zero attached hydrogens (tertiary/aromatic N) is 3. The summed E-state index contributed by atoms with van der Waals surface area (Å²) in [5.41, 5.74) is 1.44. The quantitative estimate of drug-likeness (QED) is 0.872. The first-order valence-electron chi connectivity index (χ1n) is 7.74. The summed E-state index contributed by atoms with van der Waals surface area (Å²) in [4.78, 5) is 16.6. The van der Waals surface area contributed by atoms with Gasteiger partial charge in [0.15, 0.2) is 5.69 Å². The van der Waals surface area contributed by atoms with Crippen LogP contribution in [0.5, 0.6) is 0 Å². The fourth-order valence-electron chi connectivity index (χ4n) is 2.94. The highest BCUT2D eigenvalue weighted by molar-refractivity contribution is 5.92. The molecule has 0 saturated carbocycles. The first-order chi connectivity index (χ1) is 11.0. The molecule has 3 rings (SSSR count). The number of amides is 1. The highest BCUT2D eigenvalue weighted by atomic mass is 19.1. The summed E-state index contributed by atoms with van der Waals surface area (Å²) < 4.78 is 17.9. The Morgan fingerprint density at radius 3 is 2.70 bits per heavy atom. The predicted octanol–water partition coefficient (Wildman–Crippen LogP) is 2.47. The van der Waals surface area contributed by atoms with E-state index in [9.17, 15) is 9.18 Å². The number of piperazine rings is 1. The molecule has 0 spiro atoms. The Hall–Kier alpha value is -2.21. The molecule has 5 nitrogen and oxygen atoms in total. The van der Waals surface area contributed by atoms with E-state index in [1.54, 1.807) is 25.1 Å². The van der Waals surface area contributed by atoms with Crippen LogP contribution in [-0.4, -0.2) is 46.5 Å². The van der Waals surface area contributed by atoms with Crippen LogP contribution < -0.4 is 0 Å². The number of carbonyl (C=O) groups is 1. The number of hydrogen-bond acceptors (Lipinski definition) is 4. The summed E-state index contributed by atoms with van der Waals surface area (Å²) >= 11 is 0. The average Bonchev–Trinajstić information content (AvgIpc) is 2.96. The molecule has 1 atom stereocenters. The van der Waals surface area contributed by atoms with E-state index < -0.39 is 0 Å². The highest BCUT2D eigenvalue weighted by Crippen LogP contribution is 2.16. The third kappa shape index (κ3) is 3.59. The number of benzene rings is 1. The normalized spacial score (nSPS) is 19.1. The van der Waals surface area contributed by atoms with E-state index >= 15 is 0 Å². The molecule has 0 aliphatic carbocycles. The lowest BCUT2D eigenvalue weighted by Crippen LogP contribution is -2.53. The second kappa shape index (κ2) is 6.50. The molecule has 2 aromatic rings. The Kier molecular flexibility index (Phi) is 4.43. The van der Waals surface area contributed by atoms with Crippen molar-refractivity contribution in [2.75, 3.05) is 19.6 Å². The minimum absolute atomic E-state index is 0.0872. The lowest BCUT2D eigenvalue weighted by molar-refractivity contribution is 0.0466. The molecular weight excluding hydrogens is 297 g/mol. The summed E-state index contributed by atoms with van der Waals surface area (Å²) in [6, 6.07) is 8.32. The zero-order valence-corrected chi connectivity index (χ0v) is 13.3. The SMILES string of the molecule is Cc1cc(C(=O)N2CCN(Cc3ccc(F)cc3)C[C@H]2C)no1. The maximum absolute atomic E-state index is 13.0. The number of rotatable bonds is 3. The Balaban J connectivity index is 1.60. The van der Waals surface area contributed by atoms with Gasteiger partial charge in [-0.3, -0.25) is 9.69 Å². The topological polar surface area (TPSA) is 49.6 Å². The summed E-state index contributed by atoms with van der Waals surface area (Å²) in [6.07, 6.45) is 0. The Morgan fingerprint density at radius 1 is 1.35 bits per heavy atom. The number of carbonyl (C=O) groups excluding carboxylic acids is 1. The first kappa shape index (κ1) is 15.7. The van der Waals surface area contributed by atoms with E-state index in [2.05, 4.69) is 10.1 Å². The summed E-state index contributed by atoms with van der Waals surface area (Å²) in [5.74, 6) is 0.326. The van der Waals surface area contributed by atoms with Crippen LogP contribution in [0.3, 0.4) is 0 Å². The molecule has 1 saturated heterocycles. The summed E-state index contributed by atoms with van der Waals surface area (Å²) in [5, 5.41) is 3.81. The number of aromatic nitrogens is 1. The van der Waals surface area contributed by atoms with Crippen LogP contribution in [0.2, 0.25) is 0 Å². The van der Waals surface area contributed by atoms with Gasteiger partial charge in [0.2, 0.25) is 0 Å². The predicted molar refractivity (Wildman–Crippen MR) is 83.4 cm³/mol. The zero-order valence-electron chi connectivity index (χ0n) is 13.3. The van der Waals surface area contributed by atoms with Gasteiger partial charge in [-0.25, -0.2) is 4.39 Å². The second-order valence-corrected chi connectivity index (χ2v) is 6.03. The molecule has 23 heavy (non-hydrogen) atoms. The Morgan fingerprint density at radius 2 is 2.09 bits per heavy atom. The van der Waals surface area contributed by atoms with Gasteiger partial charge in [0.1, 0.15) is 11.6 Å². The number of aryl methyl sites for hydroxylation is 1. The van der Waals surface area contributed by atoms with Crippen molar-refractivity contribution in [3.8, 4) is 0 Å². The summed E-state index contributed by atoms with van der Waals surface area (Å²) in [7, 11) is 0. The Bertz CT molecular complexity index is 683. The van der Waals surface area contributed by atoms with Crippen LogP contribution in [-0.2, 0) is 6.54 Å². The van der Waals surface area contributed by atoms with Crippen LogP contribution in [0.1, 0.15) is 28.7 Å². The number of hydrogen-bond donors (Lipinski definition) is 0. The molecule has 2 heterocycles. The smallest absolute Gasteiger partial charge is 0.276 e. The molecule has 0 radical (unpaired) electrons. The number of halogens is 1. The van der Waals surface area contributed by atoms with E-state index in [1.165, 1.54) is 12.1 Å². The van der Waals surface area contributed by atoms with Crippen molar-refractivity contribution in [3.63, 3.8) is 0 Å². The van der Waals surface area contributed by atoms with Crippen LogP contribution in [0.25, 0.3) is 0 Å². The van der Waals surface area contributed by atoms with Gasteiger partial charge in [0.25, 0.3) is 5.91 Å². The molecule has 1 aliphatic heterocycles. The van der Waals surface area contributed by atoms with Gasteiger partial charge in [0, 0.05) is 38.3 Å². The van der Waals surface area contributed by atoms with E-state index in [0.717, 1.165) is 25.2 Å². The van der Waals surface area contributed by atoms with Gasteiger partial charge in [-0.15, -0.1) is 0 Å². The highest BCUT2D eigenvalue weighted by Gasteiger charge is 2.29. The fourth-order valence-corrected chi connectivity index (χ4v) is 2.94. The van der Waals surface area contributed by atoms with Gasteiger partial charge in [-0.2, -0.15) is 0 Å². The van der Waals surface area contributed by atoms with Crippen molar-refractivity contribution in [1.82, 2.24) is 15.0 Å². The minimum atomic E-state index is -0.222. The van der Waals surface area contributed by atoms with Crippen molar-refractivity contribution in [1.29, 1.82) is 0 Å². The zero-order chi connectivity index (χ0) is 16.4. The van der Waals surface area contributed by atoms with Crippen molar-refractivity contribution < 1.29 is 13.7 Å². The third-order valence-corrected chi connectivity index (χ3v) is 4.14. The van der Waals surface area contributed by atoms with E-state index in [0.29, 0.717) is 18.0 Å². The third-order valence-electron chi connectivity index (χ3n) is 4.14. The Labute approximate surface area is 134 Å². The lowest BCUT2D eigenvalue weighted by Gasteiger charge is -2.39. The van der Waals surface area contributed by atoms with Crippen LogP contribution in [0.4, 0.5) is 4.39 Å². The molecule has 1 amide bonds. The van der Waals surface area contributed by atoms with Gasteiger partial charge >= 0.3 is 0 Å². The fraction of sp³-hybridized carbons (Fsp3) is 0.412. The van der Waals surface area contributed by atoms with Crippen molar-refractivity contribution in [2.45, 2.75) is 26.4 Å². The maximum atomic E-state index is 13.0. The first-order valence-corrected chi connectivity index (χ1v) is 7.74. The monoisotopic (exact) mass is 317 g/mol. The maximum Gasteiger partial charge on any atom is 0.276 e. The molecular formula is C17H20FN3O2. The lowest BCUT2D eigenvalue weighted by atomic mass is 10.1. The molecule has 0 N–H and O–H groups in total. The largest absolute Gasteiger partial charge is 0.361 e. The van der Waals surface area contributed by atoms with Gasteiger partial charge in [-0.05, 0) is 31.5 Å². The van der Waals surface area contributed by atoms with Crippen molar-refractivity contribution in [3.05, 3.63) is 53.2 Å². The molecule has 6 heteroatoms. The van der Waals surface area contributed by atoms with E-state index in [-0.39, 0.29) is 17.8 Å². The van der Waals surface area contributed by atoms with Crippen molar-refractivity contribution in [2.24, 2.45) is 0 Å². The molecule has 0 unspecified atom stereocenters. The van der Waals surface area contributed by atoms with Gasteiger partial charge in [-0.1, -0.05) is 17.3 Å². The molecule has 1 aliphatic rings. The molecule has 1 aromatic carbocycles. The van der Waals surface area contributed by atoms with Crippen molar-refractivity contribution >= 4 is 5.91 Å². The molecule has 1 aromatic heterocycles. The molecule has 0 bridgehead atoms. The van der Waals surface area contributed by atoms with Crippen LogP contribution in [0, 0.1) is 12.7 Å². The second-order valence-electron chi connectivity index (χ2n) is 6.03. The minimum Gasteiger partial charge on any atom is -0.361 e. The summed E-state index contributed by atoms with van der Waals surface area (Å²) in [6.45, 7) is 6.77. The van der Waals surface area contributed by atoms with Gasteiger partial charge < -0.3 is 9.42 Å². The molecule has 1 fully saturated rings. The van der Waals surface area contributed by atoms with Gasteiger partial charge in [0.05, 0.1) is 0 Å². The average molecular weight is 317 g/mol.